The third-order valence-corrected chi connectivity index (χ3v) is 2.97. The maximum absolute atomic E-state index is 9.86. The summed E-state index contributed by atoms with van der Waals surface area (Å²) in [6.07, 6.45) is 0. The molecule has 5 nitrogen and oxygen atoms in total. The second kappa shape index (κ2) is 3.71. The quantitative estimate of drug-likeness (QED) is 0.540. The van der Waals surface area contributed by atoms with E-state index in [1.165, 1.54) is 6.07 Å². The van der Waals surface area contributed by atoms with Gasteiger partial charge in [0, 0.05) is 0 Å². The Hall–Kier alpha value is -2.56. The first kappa shape index (κ1) is 11.5. The summed E-state index contributed by atoms with van der Waals surface area (Å²) in [4.78, 5) is 0. The maximum atomic E-state index is 9.86. The molecule has 0 unspecified atom stereocenters. The van der Waals surface area contributed by atoms with Gasteiger partial charge in [-0.1, -0.05) is 0 Å². The third kappa shape index (κ3) is 1.62. The highest BCUT2D eigenvalue weighted by molar-refractivity contribution is 5.68. The van der Waals surface area contributed by atoms with Crippen molar-refractivity contribution in [2.45, 2.75) is 13.8 Å². The molecule has 0 atom stereocenters. The Morgan fingerprint density at radius 2 is 1.53 bits per heavy atom. The molecule has 0 fully saturated rings. The largest absolute Gasteiger partial charge is 0.504 e. The van der Waals surface area contributed by atoms with Gasteiger partial charge in [-0.15, -0.1) is 0 Å². The molecule has 5 heteroatoms. The van der Waals surface area contributed by atoms with Crippen LogP contribution in [0.3, 0.4) is 0 Å². The SMILES string of the molecule is Cc1cc(O)c2c(c1)Oc1c(O)c(O)cc(C)c1O2. The second-order valence-corrected chi connectivity index (χ2v) is 4.53. The van der Waals surface area contributed by atoms with Gasteiger partial charge in [0.25, 0.3) is 0 Å². The van der Waals surface area contributed by atoms with Gasteiger partial charge in [0.15, 0.2) is 23.0 Å². The van der Waals surface area contributed by atoms with E-state index < -0.39 is 0 Å². The van der Waals surface area contributed by atoms with Gasteiger partial charge in [-0.25, -0.2) is 0 Å². The summed E-state index contributed by atoms with van der Waals surface area (Å²) >= 11 is 0. The molecule has 1 aliphatic rings. The van der Waals surface area contributed by atoms with Gasteiger partial charge in [-0.3, -0.25) is 0 Å². The highest BCUT2D eigenvalue weighted by Crippen LogP contribution is 2.56. The van der Waals surface area contributed by atoms with E-state index in [0.717, 1.165) is 5.56 Å². The van der Waals surface area contributed by atoms with Crippen LogP contribution in [0, 0.1) is 13.8 Å². The van der Waals surface area contributed by atoms with E-state index >= 15 is 0 Å². The molecule has 0 amide bonds. The summed E-state index contributed by atoms with van der Waals surface area (Å²) in [5.74, 6) is 0.133. The molecule has 2 aromatic carbocycles. The van der Waals surface area contributed by atoms with Crippen LogP contribution in [0.4, 0.5) is 0 Å². The first-order valence-electron chi connectivity index (χ1n) is 5.72. The molecule has 2 aromatic rings. The molecule has 0 aromatic heterocycles. The third-order valence-electron chi connectivity index (χ3n) is 2.97. The van der Waals surface area contributed by atoms with Crippen LogP contribution < -0.4 is 9.47 Å². The number of aryl methyl sites for hydroxylation is 2. The lowest BCUT2D eigenvalue weighted by molar-refractivity contribution is 0.311. The number of ether oxygens (including phenoxy) is 2. The Labute approximate surface area is 109 Å². The van der Waals surface area contributed by atoms with Crippen molar-refractivity contribution in [1.29, 1.82) is 0 Å². The van der Waals surface area contributed by atoms with Crippen LogP contribution in [0.15, 0.2) is 18.2 Å². The van der Waals surface area contributed by atoms with Gasteiger partial charge >= 0.3 is 0 Å². The molecule has 0 radical (unpaired) electrons. The topological polar surface area (TPSA) is 79.2 Å². The molecular weight excluding hydrogens is 248 g/mol. The number of benzene rings is 2. The van der Waals surface area contributed by atoms with Gasteiger partial charge in [0.05, 0.1) is 0 Å². The van der Waals surface area contributed by atoms with Crippen molar-refractivity contribution < 1.29 is 24.8 Å². The fourth-order valence-electron chi connectivity index (χ4n) is 2.08. The normalized spacial score (nSPS) is 12.1. The van der Waals surface area contributed by atoms with Gasteiger partial charge in [0.2, 0.25) is 17.2 Å². The van der Waals surface area contributed by atoms with Crippen molar-refractivity contribution >= 4 is 0 Å². The molecule has 1 heterocycles. The number of hydrogen-bond acceptors (Lipinski definition) is 5. The van der Waals surface area contributed by atoms with Gasteiger partial charge in [0.1, 0.15) is 0 Å². The molecule has 0 saturated heterocycles. The monoisotopic (exact) mass is 260 g/mol. The Kier molecular flexibility index (Phi) is 2.25. The van der Waals surface area contributed by atoms with E-state index in [9.17, 15) is 15.3 Å². The zero-order chi connectivity index (χ0) is 13.7. The van der Waals surface area contributed by atoms with Gasteiger partial charge in [-0.2, -0.15) is 0 Å². The number of phenolic OH excluding ortho intramolecular Hbond substituents is 3. The number of rotatable bonds is 0. The number of phenols is 3. The second-order valence-electron chi connectivity index (χ2n) is 4.53. The van der Waals surface area contributed by atoms with E-state index in [1.54, 1.807) is 26.0 Å². The summed E-state index contributed by atoms with van der Waals surface area (Å²) in [5.41, 5.74) is 1.38. The average molecular weight is 260 g/mol. The minimum absolute atomic E-state index is 0.0346. The Bertz CT molecular complexity index is 691. The summed E-state index contributed by atoms with van der Waals surface area (Å²) < 4.78 is 11.1. The summed E-state index contributed by atoms with van der Waals surface area (Å²) in [5, 5.41) is 29.3. The van der Waals surface area contributed by atoms with E-state index in [1.807, 2.05) is 0 Å². The predicted octanol–water partition coefficient (Wildman–Crippen LogP) is 3.32. The van der Waals surface area contributed by atoms with E-state index in [2.05, 4.69) is 0 Å². The standard InChI is InChI=1S/C14H12O5/c1-6-3-9(16)13-10(4-6)18-14-11(17)8(15)5-7(2)12(14)19-13/h3-5,15-17H,1-2H3. The molecule has 1 aliphatic heterocycles. The van der Waals surface area contributed by atoms with Crippen LogP contribution in [0.2, 0.25) is 0 Å². The average Bonchev–Trinajstić information content (AvgIpc) is 2.34. The minimum Gasteiger partial charge on any atom is -0.504 e. The van der Waals surface area contributed by atoms with Crippen molar-refractivity contribution in [1.82, 2.24) is 0 Å². The van der Waals surface area contributed by atoms with Crippen LogP contribution in [0.25, 0.3) is 0 Å². The highest BCUT2D eigenvalue weighted by Gasteiger charge is 2.28. The molecule has 3 rings (SSSR count). The summed E-state index contributed by atoms with van der Waals surface area (Å²) in [7, 11) is 0. The van der Waals surface area contributed by atoms with Gasteiger partial charge in [-0.05, 0) is 43.2 Å². The first-order chi connectivity index (χ1) is 8.97. The molecule has 0 bridgehead atoms. The zero-order valence-electron chi connectivity index (χ0n) is 10.4. The molecule has 0 spiro atoms. The van der Waals surface area contributed by atoms with Crippen molar-refractivity contribution in [2.75, 3.05) is 0 Å². The maximum Gasteiger partial charge on any atom is 0.215 e. The van der Waals surface area contributed by atoms with Crippen molar-refractivity contribution in [3.63, 3.8) is 0 Å². The molecule has 98 valence electrons. The van der Waals surface area contributed by atoms with Crippen LogP contribution in [0.1, 0.15) is 11.1 Å². The van der Waals surface area contributed by atoms with Crippen LogP contribution in [0.5, 0.6) is 40.2 Å². The lowest BCUT2D eigenvalue weighted by Gasteiger charge is -2.24. The van der Waals surface area contributed by atoms with E-state index in [-0.39, 0.29) is 34.5 Å². The zero-order valence-corrected chi connectivity index (χ0v) is 10.4. The summed E-state index contributed by atoms with van der Waals surface area (Å²) in [6.45, 7) is 3.50. The Morgan fingerprint density at radius 3 is 2.26 bits per heavy atom. The van der Waals surface area contributed by atoms with E-state index in [0.29, 0.717) is 11.3 Å². The molecule has 19 heavy (non-hydrogen) atoms. The number of aromatic hydroxyl groups is 3. The Morgan fingerprint density at radius 1 is 0.789 bits per heavy atom. The van der Waals surface area contributed by atoms with Crippen LogP contribution in [-0.2, 0) is 0 Å². The molecule has 0 saturated carbocycles. The molecule has 3 N–H and O–H groups in total. The van der Waals surface area contributed by atoms with Crippen molar-refractivity contribution in [2.24, 2.45) is 0 Å². The minimum atomic E-state index is -0.382. The number of hydrogen-bond donors (Lipinski definition) is 3. The van der Waals surface area contributed by atoms with E-state index in [4.69, 9.17) is 9.47 Å². The summed E-state index contributed by atoms with van der Waals surface area (Å²) in [6, 6.07) is 4.60. The lowest BCUT2D eigenvalue weighted by atomic mass is 10.1. The van der Waals surface area contributed by atoms with Gasteiger partial charge < -0.3 is 24.8 Å². The molecular formula is C14H12O5. The first-order valence-corrected chi connectivity index (χ1v) is 5.72. The smallest absolute Gasteiger partial charge is 0.215 e. The predicted molar refractivity (Wildman–Crippen MR) is 67.5 cm³/mol. The van der Waals surface area contributed by atoms with Crippen LogP contribution >= 0.6 is 0 Å². The highest BCUT2D eigenvalue weighted by atomic mass is 16.6. The van der Waals surface area contributed by atoms with Crippen molar-refractivity contribution in [3.8, 4) is 40.2 Å². The molecule has 0 aliphatic carbocycles. The Balaban J connectivity index is 2.22. The fraction of sp³-hybridized carbons (Fsp3) is 0.143. The number of fused-ring (bicyclic) bond motifs is 2. The lowest BCUT2D eigenvalue weighted by Crippen LogP contribution is -2.01. The fourth-order valence-corrected chi connectivity index (χ4v) is 2.08. The van der Waals surface area contributed by atoms with Crippen LogP contribution in [-0.4, -0.2) is 15.3 Å². The van der Waals surface area contributed by atoms with Crippen molar-refractivity contribution in [3.05, 3.63) is 29.3 Å².